The van der Waals surface area contributed by atoms with E-state index in [9.17, 15) is 14.4 Å². The second-order valence-corrected chi connectivity index (χ2v) is 5.95. The lowest BCUT2D eigenvalue weighted by Crippen LogP contribution is -2.53. The number of para-hydroxylation sites is 1. The number of amides is 2. The normalized spacial score (nSPS) is 17.7. The molecule has 3 rings (SSSR count). The quantitative estimate of drug-likeness (QED) is 0.744. The summed E-state index contributed by atoms with van der Waals surface area (Å²) in [5.41, 5.74) is 0.338. The molecule has 1 saturated heterocycles. The van der Waals surface area contributed by atoms with Gasteiger partial charge in [-0.2, -0.15) is 0 Å². The molecule has 0 saturated carbocycles. The van der Waals surface area contributed by atoms with E-state index in [1.165, 1.54) is 6.20 Å². The number of aromatic amines is 1. The second kappa shape index (κ2) is 6.84. The van der Waals surface area contributed by atoms with Crippen molar-refractivity contribution in [2.75, 3.05) is 26.2 Å². The first-order chi connectivity index (χ1) is 11.6. The number of carbonyl (C=O) groups is 2. The van der Waals surface area contributed by atoms with Crippen LogP contribution < -0.4 is 16.1 Å². The number of fused-ring (bicyclic) bond motifs is 1. The Labute approximate surface area is 139 Å². The van der Waals surface area contributed by atoms with Gasteiger partial charge in [0.2, 0.25) is 11.3 Å². The Hall–Kier alpha value is -2.67. The minimum absolute atomic E-state index is 0.00942. The van der Waals surface area contributed by atoms with Crippen LogP contribution in [-0.2, 0) is 4.79 Å². The first kappa shape index (κ1) is 16.2. The topological polar surface area (TPSA) is 94.3 Å². The van der Waals surface area contributed by atoms with Gasteiger partial charge in [-0.15, -0.1) is 0 Å². The van der Waals surface area contributed by atoms with Crippen molar-refractivity contribution in [3.05, 3.63) is 46.2 Å². The van der Waals surface area contributed by atoms with Crippen molar-refractivity contribution in [2.45, 2.75) is 13.0 Å². The third-order valence-corrected chi connectivity index (χ3v) is 4.15. The number of hydrogen-bond donors (Lipinski definition) is 3. The van der Waals surface area contributed by atoms with E-state index in [0.717, 1.165) is 6.54 Å². The van der Waals surface area contributed by atoms with E-state index in [1.54, 1.807) is 23.1 Å². The zero-order valence-electron chi connectivity index (χ0n) is 13.5. The molecule has 1 aliphatic heterocycles. The Bertz CT molecular complexity index is 830. The first-order valence-corrected chi connectivity index (χ1v) is 7.96. The molecule has 0 bridgehead atoms. The highest BCUT2D eigenvalue weighted by atomic mass is 16.2. The fraction of sp³-hybridized carbons (Fsp3) is 0.353. The number of rotatable bonds is 3. The summed E-state index contributed by atoms with van der Waals surface area (Å²) in [5.74, 6) is -0.688. The largest absolute Gasteiger partial charge is 0.360 e. The Morgan fingerprint density at radius 2 is 2.12 bits per heavy atom. The monoisotopic (exact) mass is 328 g/mol. The maximum absolute atomic E-state index is 12.4. The number of carbonyl (C=O) groups excluding carboxylic acids is 2. The van der Waals surface area contributed by atoms with Crippen molar-refractivity contribution >= 4 is 22.7 Å². The number of hydrogen-bond acceptors (Lipinski definition) is 4. The van der Waals surface area contributed by atoms with E-state index in [-0.39, 0.29) is 29.5 Å². The molecule has 0 radical (unpaired) electrons. The molecule has 0 spiro atoms. The number of H-pyrrole nitrogens is 1. The van der Waals surface area contributed by atoms with Crippen molar-refractivity contribution in [1.82, 2.24) is 20.5 Å². The maximum atomic E-state index is 12.4. The molecule has 1 aliphatic rings. The number of nitrogens with one attached hydrogen (secondary N) is 3. The molecule has 3 N–H and O–H groups in total. The SMILES string of the molecule is C[C@@H]1CN(C(=O)CNC(=O)c2c[nH]c3ccccc3c2=O)CCN1. The van der Waals surface area contributed by atoms with Gasteiger partial charge in [0.05, 0.1) is 6.54 Å². The minimum atomic E-state index is -0.543. The molecule has 0 aliphatic carbocycles. The van der Waals surface area contributed by atoms with E-state index < -0.39 is 5.91 Å². The predicted molar refractivity (Wildman–Crippen MR) is 90.9 cm³/mol. The summed E-state index contributed by atoms with van der Waals surface area (Å²) in [4.78, 5) is 41.4. The van der Waals surface area contributed by atoms with E-state index in [0.29, 0.717) is 24.0 Å². The lowest BCUT2D eigenvalue weighted by Gasteiger charge is -2.31. The van der Waals surface area contributed by atoms with Crippen LogP contribution in [0.5, 0.6) is 0 Å². The maximum Gasteiger partial charge on any atom is 0.257 e. The predicted octanol–water partition coefficient (Wildman–Crippen LogP) is 0.0782. The summed E-state index contributed by atoms with van der Waals surface area (Å²) >= 11 is 0. The van der Waals surface area contributed by atoms with Gasteiger partial charge in [-0.05, 0) is 19.1 Å². The number of benzene rings is 1. The lowest BCUT2D eigenvalue weighted by molar-refractivity contribution is -0.131. The molecule has 1 aromatic heterocycles. The molecule has 1 aromatic carbocycles. The number of nitrogens with zero attached hydrogens (tertiary/aromatic N) is 1. The number of aromatic nitrogens is 1. The highest BCUT2D eigenvalue weighted by molar-refractivity contribution is 5.98. The van der Waals surface area contributed by atoms with Gasteiger partial charge in [-0.1, -0.05) is 12.1 Å². The zero-order chi connectivity index (χ0) is 17.1. The Kier molecular flexibility index (Phi) is 4.61. The van der Waals surface area contributed by atoms with Crippen LogP contribution in [0.3, 0.4) is 0 Å². The van der Waals surface area contributed by atoms with Gasteiger partial charge in [0.25, 0.3) is 5.91 Å². The van der Waals surface area contributed by atoms with Crippen molar-refractivity contribution in [3.63, 3.8) is 0 Å². The van der Waals surface area contributed by atoms with Crippen LogP contribution in [0, 0.1) is 0 Å². The molecule has 24 heavy (non-hydrogen) atoms. The fourth-order valence-corrected chi connectivity index (χ4v) is 2.86. The second-order valence-electron chi connectivity index (χ2n) is 5.95. The van der Waals surface area contributed by atoms with Gasteiger partial charge in [-0.3, -0.25) is 14.4 Å². The van der Waals surface area contributed by atoms with Gasteiger partial charge in [-0.25, -0.2) is 0 Å². The highest BCUT2D eigenvalue weighted by Crippen LogP contribution is 2.07. The number of pyridine rings is 1. The summed E-state index contributed by atoms with van der Waals surface area (Å²) in [5, 5.41) is 6.25. The van der Waals surface area contributed by atoms with Crippen molar-refractivity contribution in [3.8, 4) is 0 Å². The molecular formula is C17H20N4O3. The van der Waals surface area contributed by atoms with Gasteiger partial charge >= 0.3 is 0 Å². The van der Waals surface area contributed by atoms with Crippen molar-refractivity contribution in [2.24, 2.45) is 0 Å². The summed E-state index contributed by atoms with van der Waals surface area (Å²) < 4.78 is 0. The molecule has 2 amide bonds. The molecule has 126 valence electrons. The van der Waals surface area contributed by atoms with E-state index >= 15 is 0 Å². The third-order valence-electron chi connectivity index (χ3n) is 4.15. The standard InChI is InChI=1S/C17H20N4O3/c1-11-10-21(7-6-18-11)15(22)9-20-17(24)13-8-19-14-5-3-2-4-12(14)16(13)23/h2-5,8,11,18H,6-7,9-10H2,1H3,(H,19,23)(H,20,24)/t11-/m1/s1. The molecule has 2 heterocycles. The molecule has 7 heteroatoms. The average molecular weight is 328 g/mol. The average Bonchev–Trinajstić information content (AvgIpc) is 2.60. The van der Waals surface area contributed by atoms with Crippen LogP contribution in [0.4, 0.5) is 0 Å². The Morgan fingerprint density at radius 1 is 1.33 bits per heavy atom. The zero-order valence-corrected chi connectivity index (χ0v) is 13.5. The number of piperazine rings is 1. The van der Waals surface area contributed by atoms with Gasteiger partial charge in [0.1, 0.15) is 5.56 Å². The third kappa shape index (κ3) is 3.30. The van der Waals surface area contributed by atoms with Crippen LogP contribution in [0.2, 0.25) is 0 Å². The summed E-state index contributed by atoms with van der Waals surface area (Å²) in [6, 6.07) is 7.23. The van der Waals surface area contributed by atoms with Gasteiger partial charge in [0.15, 0.2) is 0 Å². The van der Waals surface area contributed by atoms with E-state index in [4.69, 9.17) is 0 Å². The lowest BCUT2D eigenvalue weighted by atomic mass is 10.1. The van der Waals surface area contributed by atoms with Gasteiger partial charge in [0, 0.05) is 42.8 Å². The van der Waals surface area contributed by atoms with Crippen LogP contribution in [0.15, 0.2) is 35.3 Å². The van der Waals surface area contributed by atoms with Crippen LogP contribution in [0.25, 0.3) is 10.9 Å². The fourth-order valence-electron chi connectivity index (χ4n) is 2.86. The Balaban J connectivity index is 1.68. The first-order valence-electron chi connectivity index (χ1n) is 7.96. The van der Waals surface area contributed by atoms with Crippen LogP contribution in [0.1, 0.15) is 17.3 Å². The summed E-state index contributed by atoms with van der Waals surface area (Å²) in [6.45, 7) is 3.87. The molecular weight excluding hydrogens is 308 g/mol. The minimum Gasteiger partial charge on any atom is -0.360 e. The van der Waals surface area contributed by atoms with Crippen molar-refractivity contribution in [1.29, 1.82) is 0 Å². The molecule has 1 fully saturated rings. The molecule has 7 nitrogen and oxygen atoms in total. The van der Waals surface area contributed by atoms with E-state index in [2.05, 4.69) is 15.6 Å². The molecule has 1 atom stereocenters. The summed E-state index contributed by atoms with van der Waals surface area (Å²) in [6.07, 6.45) is 1.39. The smallest absolute Gasteiger partial charge is 0.257 e. The van der Waals surface area contributed by atoms with Gasteiger partial charge < -0.3 is 20.5 Å². The van der Waals surface area contributed by atoms with Crippen molar-refractivity contribution < 1.29 is 9.59 Å². The summed E-state index contributed by atoms with van der Waals surface area (Å²) in [7, 11) is 0. The highest BCUT2D eigenvalue weighted by Gasteiger charge is 2.21. The molecule has 0 unspecified atom stereocenters. The van der Waals surface area contributed by atoms with Crippen LogP contribution in [-0.4, -0.2) is 53.9 Å². The Morgan fingerprint density at radius 3 is 2.92 bits per heavy atom. The van der Waals surface area contributed by atoms with E-state index in [1.807, 2.05) is 13.0 Å². The molecule has 2 aromatic rings. The van der Waals surface area contributed by atoms with Crippen LogP contribution >= 0.6 is 0 Å².